The average molecular weight is 253 g/mol. The minimum atomic E-state index is -0.402. The fourth-order valence-corrected chi connectivity index (χ4v) is 2.68. The van der Waals surface area contributed by atoms with E-state index in [1.807, 2.05) is 12.3 Å². The predicted octanol–water partition coefficient (Wildman–Crippen LogP) is 0.941. The number of thiazole rings is 1. The molecular formula is C11H15N3O2S. The van der Waals surface area contributed by atoms with E-state index in [2.05, 4.69) is 10.3 Å². The molecule has 6 heteroatoms. The molecule has 2 atom stereocenters. The molecule has 1 aliphatic rings. The Morgan fingerprint density at radius 1 is 1.65 bits per heavy atom. The molecule has 0 aliphatic carbocycles. The van der Waals surface area contributed by atoms with Crippen LogP contribution in [0.15, 0.2) is 11.6 Å². The van der Waals surface area contributed by atoms with Crippen LogP contribution >= 0.6 is 11.3 Å². The van der Waals surface area contributed by atoms with E-state index in [4.69, 9.17) is 0 Å². The lowest BCUT2D eigenvalue weighted by molar-refractivity contribution is -0.137. The van der Waals surface area contributed by atoms with Crippen molar-refractivity contribution in [1.29, 1.82) is 0 Å². The minimum Gasteiger partial charge on any atom is -0.296 e. The maximum absolute atomic E-state index is 11.8. The van der Waals surface area contributed by atoms with Gasteiger partial charge in [0, 0.05) is 18.6 Å². The van der Waals surface area contributed by atoms with Crippen LogP contribution in [0.5, 0.6) is 0 Å². The highest BCUT2D eigenvalue weighted by Crippen LogP contribution is 2.22. The first-order valence-corrected chi connectivity index (χ1v) is 6.47. The van der Waals surface area contributed by atoms with Gasteiger partial charge in [0.05, 0.1) is 18.5 Å². The van der Waals surface area contributed by atoms with Crippen molar-refractivity contribution in [2.24, 2.45) is 0 Å². The van der Waals surface area contributed by atoms with Gasteiger partial charge in [-0.3, -0.25) is 19.8 Å². The van der Waals surface area contributed by atoms with Gasteiger partial charge in [-0.05, 0) is 6.42 Å². The first kappa shape index (κ1) is 12.2. The lowest BCUT2D eigenvalue weighted by Gasteiger charge is -2.18. The molecule has 92 valence electrons. The summed E-state index contributed by atoms with van der Waals surface area (Å²) in [7, 11) is 1.52. The van der Waals surface area contributed by atoms with E-state index >= 15 is 0 Å². The maximum Gasteiger partial charge on any atom is 0.246 e. The van der Waals surface area contributed by atoms with Crippen molar-refractivity contribution in [3.05, 3.63) is 16.6 Å². The average Bonchev–Trinajstić information content (AvgIpc) is 2.92. The second-order valence-corrected chi connectivity index (χ2v) is 4.97. The van der Waals surface area contributed by atoms with Crippen molar-refractivity contribution in [3.8, 4) is 0 Å². The third-order valence-electron chi connectivity index (χ3n) is 2.94. The van der Waals surface area contributed by atoms with E-state index < -0.39 is 6.04 Å². The van der Waals surface area contributed by atoms with Crippen LogP contribution in [-0.2, 0) is 9.59 Å². The van der Waals surface area contributed by atoms with Gasteiger partial charge >= 0.3 is 0 Å². The van der Waals surface area contributed by atoms with Gasteiger partial charge in [-0.15, -0.1) is 11.3 Å². The van der Waals surface area contributed by atoms with Gasteiger partial charge in [0.1, 0.15) is 5.01 Å². The number of carbonyl (C=O) groups is 2. The van der Waals surface area contributed by atoms with Crippen molar-refractivity contribution in [2.45, 2.75) is 31.8 Å². The molecule has 1 saturated heterocycles. The predicted molar refractivity (Wildman–Crippen MR) is 64.5 cm³/mol. The summed E-state index contributed by atoms with van der Waals surface area (Å²) in [5.74, 6) is -0.272. The third-order valence-corrected chi connectivity index (χ3v) is 3.83. The molecule has 0 bridgehead atoms. The first-order valence-electron chi connectivity index (χ1n) is 5.59. The standard InChI is InChI=1S/C11H15N3O2S/c1-3-7(10-12-4-5-17-10)13-8-6-9(15)14(2)11(8)16/h4-5,7-8,13H,3,6H2,1-2H3. The van der Waals surface area contributed by atoms with Crippen LogP contribution in [0.25, 0.3) is 0 Å². The molecular weight excluding hydrogens is 238 g/mol. The number of likely N-dealkylation sites (N-methyl/N-ethyl adjacent to an activating group) is 1. The lowest BCUT2D eigenvalue weighted by Crippen LogP contribution is -2.39. The molecule has 2 rings (SSSR count). The van der Waals surface area contributed by atoms with Crippen LogP contribution in [0.3, 0.4) is 0 Å². The van der Waals surface area contributed by atoms with Crippen molar-refractivity contribution in [2.75, 3.05) is 7.05 Å². The van der Waals surface area contributed by atoms with Gasteiger partial charge < -0.3 is 0 Å². The summed E-state index contributed by atoms with van der Waals surface area (Å²) in [5.41, 5.74) is 0. The molecule has 1 aromatic heterocycles. The fourth-order valence-electron chi connectivity index (χ4n) is 1.90. The summed E-state index contributed by atoms with van der Waals surface area (Å²) in [6.45, 7) is 2.03. The molecule has 2 unspecified atom stereocenters. The zero-order valence-corrected chi connectivity index (χ0v) is 10.7. The Bertz CT molecular complexity index is 418. The fraction of sp³-hybridized carbons (Fsp3) is 0.545. The Morgan fingerprint density at radius 3 is 2.88 bits per heavy atom. The van der Waals surface area contributed by atoms with Crippen molar-refractivity contribution in [3.63, 3.8) is 0 Å². The molecule has 0 spiro atoms. The summed E-state index contributed by atoms with van der Waals surface area (Å²) < 4.78 is 0. The molecule has 0 aromatic carbocycles. The van der Waals surface area contributed by atoms with Gasteiger partial charge in [-0.25, -0.2) is 4.98 Å². The van der Waals surface area contributed by atoms with Gasteiger partial charge in [-0.2, -0.15) is 0 Å². The molecule has 1 aromatic rings. The highest BCUT2D eigenvalue weighted by Gasteiger charge is 2.37. The monoisotopic (exact) mass is 253 g/mol. The van der Waals surface area contributed by atoms with Crippen LogP contribution in [0.1, 0.15) is 30.8 Å². The van der Waals surface area contributed by atoms with Crippen molar-refractivity contribution < 1.29 is 9.59 Å². The number of carbonyl (C=O) groups excluding carboxylic acids is 2. The number of hydrogen-bond donors (Lipinski definition) is 1. The van der Waals surface area contributed by atoms with E-state index in [9.17, 15) is 9.59 Å². The number of rotatable bonds is 4. The minimum absolute atomic E-state index is 0.0447. The maximum atomic E-state index is 11.8. The summed E-state index contributed by atoms with van der Waals surface area (Å²) in [6, 6.07) is -0.357. The second kappa shape index (κ2) is 4.93. The largest absolute Gasteiger partial charge is 0.296 e. The van der Waals surface area contributed by atoms with Crippen molar-refractivity contribution >= 4 is 23.2 Å². The van der Waals surface area contributed by atoms with E-state index in [0.29, 0.717) is 0 Å². The number of imide groups is 1. The highest BCUT2D eigenvalue weighted by molar-refractivity contribution is 7.09. The highest BCUT2D eigenvalue weighted by atomic mass is 32.1. The number of likely N-dealkylation sites (tertiary alicyclic amines) is 1. The van der Waals surface area contributed by atoms with Crippen LogP contribution in [0, 0.1) is 0 Å². The van der Waals surface area contributed by atoms with E-state index in [1.165, 1.54) is 11.9 Å². The third kappa shape index (κ3) is 2.37. The number of nitrogens with zero attached hydrogens (tertiary/aromatic N) is 2. The Kier molecular flexibility index (Phi) is 3.54. The zero-order chi connectivity index (χ0) is 12.4. The van der Waals surface area contributed by atoms with Gasteiger partial charge in [-0.1, -0.05) is 6.92 Å². The summed E-state index contributed by atoms with van der Waals surface area (Å²) in [5, 5.41) is 6.09. The Morgan fingerprint density at radius 2 is 2.41 bits per heavy atom. The Hall–Kier alpha value is -1.27. The topological polar surface area (TPSA) is 62.3 Å². The van der Waals surface area contributed by atoms with E-state index in [1.54, 1.807) is 17.5 Å². The van der Waals surface area contributed by atoms with E-state index in [-0.39, 0.29) is 24.3 Å². The SMILES string of the molecule is CCC(NC1CC(=O)N(C)C1=O)c1nccs1. The molecule has 1 N–H and O–H groups in total. The Balaban J connectivity index is 2.05. The molecule has 0 radical (unpaired) electrons. The van der Waals surface area contributed by atoms with Crippen LogP contribution in [0.2, 0.25) is 0 Å². The van der Waals surface area contributed by atoms with E-state index in [0.717, 1.165) is 11.4 Å². The molecule has 1 fully saturated rings. The second-order valence-electron chi connectivity index (χ2n) is 4.05. The number of amides is 2. The van der Waals surface area contributed by atoms with Crippen LogP contribution in [0.4, 0.5) is 0 Å². The molecule has 2 heterocycles. The summed E-state index contributed by atoms with van der Waals surface area (Å²) in [6.07, 6.45) is 2.84. The first-order chi connectivity index (χ1) is 8.13. The molecule has 17 heavy (non-hydrogen) atoms. The van der Waals surface area contributed by atoms with Crippen molar-refractivity contribution in [1.82, 2.24) is 15.2 Å². The van der Waals surface area contributed by atoms with Gasteiger partial charge in [0.25, 0.3) is 0 Å². The zero-order valence-electron chi connectivity index (χ0n) is 9.84. The lowest BCUT2D eigenvalue weighted by atomic mass is 10.1. The Labute approximate surface area is 104 Å². The molecule has 0 saturated carbocycles. The number of hydrogen-bond acceptors (Lipinski definition) is 5. The normalized spacial score (nSPS) is 22.2. The molecule has 1 aliphatic heterocycles. The van der Waals surface area contributed by atoms with Crippen LogP contribution < -0.4 is 5.32 Å². The van der Waals surface area contributed by atoms with Gasteiger partial charge in [0.15, 0.2) is 0 Å². The van der Waals surface area contributed by atoms with Gasteiger partial charge in [0.2, 0.25) is 11.8 Å². The quantitative estimate of drug-likeness (QED) is 0.811. The number of nitrogens with one attached hydrogen (secondary N) is 1. The summed E-state index contributed by atoms with van der Waals surface area (Å²) in [4.78, 5) is 28.6. The van der Waals surface area contributed by atoms with Crippen LogP contribution in [-0.4, -0.2) is 34.8 Å². The molecule has 2 amide bonds. The number of aromatic nitrogens is 1. The molecule has 5 nitrogen and oxygen atoms in total. The summed E-state index contributed by atoms with van der Waals surface area (Å²) >= 11 is 1.56. The smallest absolute Gasteiger partial charge is 0.246 e.